The zero-order valence-electron chi connectivity index (χ0n) is 14.1. The number of guanidine groups is 1. The molecular formula is C16H26IN3O3. The molecule has 0 aliphatic heterocycles. The molecule has 0 atom stereocenters. The van der Waals surface area contributed by atoms with Gasteiger partial charge in [-0.25, -0.2) is 0 Å². The fraction of sp³-hybridized carbons (Fsp3) is 0.438. The third-order valence-electron chi connectivity index (χ3n) is 3.12. The van der Waals surface area contributed by atoms with Gasteiger partial charge >= 0.3 is 0 Å². The lowest BCUT2D eigenvalue weighted by Crippen LogP contribution is -2.38. The van der Waals surface area contributed by atoms with Crippen LogP contribution in [0.25, 0.3) is 0 Å². The van der Waals surface area contributed by atoms with Gasteiger partial charge in [0.15, 0.2) is 5.96 Å². The van der Waals surface area contributed by atoms with E-state index in [-0.39, 0.29) is 24.0 Å². The van der Waals surface area contributed by atoms with Crippen molar-refractivity contribution in [1.82, 2.24) is 10.6 Å². The van der Waals surface area contributed by atoms with Gasteiger partial charge in [-0.3, -0.25) is 4.99 Å². The minimum absolute atomic E-state index is 0. The highest BCUT2D eigenvalue weighted by Gasteiger charge is 2.13. The van der Waals surface area contributed by atoms with Gasteiger partial charge in [0, 0.05) is 37.8 Å². The number of aliphatic imine (C=N–C) groups is 1. The van der Waals surface area contributed by atoms with Crippen molar-refractivity contribution in [2.45, 2.75) is 6.42 Å². The minimum Gasteiger partial charge on any atom is -0.496 e. The Morgan fingerprint density at radius 2 is 1.74 bits per heavy atom. The molecule has 0 amide bonds. The third-order valence-corrected chi connectivity index (χ3v) is 3.12. The maximum atomic E-state index is 5.43. The van der Waals surface area contributed by atoms with E-state index in [9.17, 15) is 0 Å². The summed E-state index contributed by atoms with van der Waals surface area (Å²) >= 11 is 0. The van der Waals surface area contributed by atoms with E-state index in [1.165, 1.54) is 0 Å². The van der Waals surface area contributed by atoms with Gasteiger partial charge in [-0.15, -0.1) is 30.6 Å². The fourth-order valence-corrected chi connectivity index (χ4v) is 2.02. The molecule has 0 fully saturated rings. The van der Waals surface area contributed by atoms with E-state index in [1.54, 1.807) is 34.5 Å². The largest absolute Gasteiger partial charge is 0.496 e. The summed E-state index contributed by atoms with van der Waals surface area (Å²) in [6.07, 6.45) is 2.51. The summed E-state index contributed by atoms with van der Waals surface area (Å²) in [5, 5.41) is 6.35. The molecule has 0 unspecified atom stereocenters. The lowest BCUT2D eigenvalue weighted by Gasteiger charge is -2.16. The highest BCUT2D eigenvalue weighted by Crippen LogP contribution is 2.34. The van der Waals surface area contributed by atoms with Crippen LogP contribution in [0.1, 0.15) is 5.56 Å². The topological polar surface area (TPSA) is 64.1 Å². The van der Waals surface area contributed by atoms with E-state index in [1.807, 2.05) is 12.1 Å². The number of rotatable bonds is 8. The van der Waals surface area contributed by atoms with Crippen molar-refractivity contribution in [2.24, 2.45) is 4.99 Å². The van der Waals surface area contributed by atoms with Gasteiger partial charge < -0.3 is 24.8 Å². The average Bonchev–Trinajstić information content (AvgIpc) is 2.57. The maximum Gasteiger partial charge on any atom is 0.191 e. The quantitative estimate of drug-likeness (QED) is 0.284. The summed E-state index contributed by atoms with van der Waals surface area (Å²) in [6.45, 7) is 5.02. The number of hydrogen-bond donors (Lipinski definition) is 2. The van der Waals surface area contributed by atoms with Crippen LogP contribution in [-0.4, -0.2) is 47.4 Å². The number of nitrogens with one attached hydrogen (secondary N) is 2. The summed E-state index contributed by atoms with van der Waals surface area (Å²) in [6, 6.07) is 3.70. The number of benzene rings is 1. The number of ether oxygens (including phenoxy) is 3. The summed E-state index contributed by atoms with van der Waals surface area (Å²) in [5.41, 5.74) is 0.984. The van der Waals surface area contributed by atoms with Crippen molar-refractivity contribution in [3.05, 3.63) is 30.4 Å². The van der Waals surface area contributed by atoms with Gasteiger partial charge in [-0.05, 0) is 6.42 Å². The maximum absolute atomic E-state index is 5.43. The molecule has 6 nitrogen and oxygen atoms in total. The second-order valence-electron chi connectivity index (χ2n) is 4.43. The Bertz CT molecular complexity index is 496. The molecule has 1 aromatic carbocycles. The molecule has 0 bridgehead atoms. The van der Waals surface area contributed by atoms with E-state index in [2.05, 4.69) is 22.2 Å². The predicted octanol–water partition coefficient (Wildman–Crippen LogP) is 2.22. The molecule has 130 valence electrons. The van der Waals surface area contributed by atoms with Crippen molar-refractivity contribution in [3.8, 4) is 17.2 Å². The van der Waals surface area contributed by atoms with E-state index in [4.69, 9.17) is 14.2 Å². The first-order chi connectivity index (χ1) is 10.7. The van der Waals surface area contributed by atoms with Crippen LogP contribution >= 0.6 is 24.0 Å². The molecule has 0 saturated heterocycles. The van der Waals surface area contributed by atoms with Crippen molar-refractivity contribution in [1.29, 1.82) is 0 Å². The van der Waals surface area contributed by atoms with Crippen LogP contribution in [-0.2, 0) is 6.42 Å². The third kappa shape index (κ3) is 6.55. The molecule has 0 spiro atoms. The van der Waals surface area contributed by atoms with Crippen LogP contribution in [0.15, 0.2) is 29.8 Å². The van der Waals surface area contributed by atoms with Gasteiger partial charge in [0.2, 0.25) is 0 Å². The Kier molecular flexibility index (Phi) is 11.0. The van der Waals surface area contributed by atoms with Crippen molar-refractivity contribution < 1.29 is 14.2 Å². The van der Waals surface area contributed by atoms with Crippen LogP contribution in [0.3, 0.4) is 0 Å². The number of hydrogen-bond acceptors (Lipinski definition) is 4. The zero-order valence-corrected chi connectivity index (χ0v) is 16.5. The lowest BCUT2D eigenvalue weighted by molar-refractivity contribution is 0.368. The fourth-order valence-electron chi connectivity index (χ4n) is 2.02. The Morgan fingerprint density at radius 1 is 1.13 bits per heavy atom. The van der Waals surface area contributed by atoms with Crippen LogP contribution < -0.4 is 24.8 Å². The number of methoxy groups -OCH3 is 3. The van der Waals surface area contributed by atoms with Crippen molar-refractivity contribution >= 4 is 29.9 Å². The van der Waals surface area contributed by atoms with Gasteiger partial charge in [0.1, 0.15) is 17.2 Å². The predicted molar refractivity (Wildman–Crippen MR) is 105 cm³/mol. The van der Waals surface area contributed by atoms with E-state index >= 15 is 0 Å². The summed E-state index contributed by atoms with van der Waals surface area (Å²) in [5.74, 6) is 2.92. The van der Waals surface area contributed by atoms with Crippen LogP contribution in [0.2, 0.25) is 0 Å². The standard InChI is InChI=1S/C16H25N3O3.HI/c1-6-8-18-16(17-2)19-9-7-13-14(21-4)10-12(20-3)11-15(13)22-5;/h6,10-11H,1,7-9H2,2-5H3,(H2,17,18,19);1H. The molecule has 2 N–H and O–H groups in total. The van der Waals surface area contributed by atoms with E-state index in [0.717, 1.165) is 29.4 Å². The highest BCUT2D eigenvalue weighted by atomic mass is 127. The molecule has 0 aliphatic carbocycles. The Labute approximate surface area is 155 Å². The normalized spacial score (nSPS) is 10.3. The Balaban J connectivity index is 0.00000484. The molecule has 1 rings (SSSR count). The molecule has 0 heterocycles. The van der Waals surface area contributed by atoms with Gasteiger partial charge in [0.25, 0.3) is 0 Å². The Morgan fingerprint density at radius 3 is 2.17 bits per heavy atom. The minimum atomic E-state index is 0. The molecular weight excluding hydrogens is 409 g/mol. The summed E-state index contributed by atoms with van der Waals surface area (Å²) in [7, 11) is 6.61. The van der Waals surface area contributed by atoms with Crippen molar-refractivity contribution in [3.63, 3.8) is 0 Å². The SMILES string of the molecule is C=CCNC(=NC)NCCc1c(OC)cc(OC)cc1OC.I. The number of halogens is 1. The lowest BCUT2D eigenvalue weighted by atomic mass is 10.1. The first kappa shape index (κ1) is 21.4. The van der Waals surface area contributed by atoms with E-state index < -0.39 is 0 Å². The smallest absolute Gasteiger partial charge is 0.191 e. The molecule has 1 aromatic rings. The summed E-state index contributed by atoms with van der Waals surface area (Å²) < 4.78 is 16.1. The second kappa shape index (κ2) is 11.9. The van der Waals surface area contributed by atoms with Crippen LogP contribution in [0.5, 0.6) is 17.2 Å². The van der Waals surface area contributed by atoms with Crippen LogP contribution in [0, 0.1) is 0 Å². The van der Waals surface area contributed by atoms with Gasteiger partial charge in [0.05, 0.1) is 21.3 Å². The van der Waals surface area contributed by atoms with Gasteiger partial charge in [-0.2, -0.15) is 0 Å². The zero-order chi connectivity index (χ0) is 16.4. The van der Waals surface area contributed by atoms with Crippen LogP contribution in [0.4, 0.5) is 0 Å². The second-order valence-corrected chi connectivity index (χ2v) is 4.43. The molecule has 0 aliphatic rings. The molecule has 0 saturated carbocycles. The molecule has 0 aromatic heterocycles. The molecule has 0 radical (unpaired) electrons. The first-order valence-corrected chi connectivity index (χ1v) is 7.04. The Hall–Kier alpha value is -1.64. The van der Waals surface area contributed by atoms with Crippen molar-refractivity contribution in [2.75, 3.05) is 41.5 Å². The van der Waals surface area contributed by atoms with Gasteiger partial charge in [-0.1, -0.05) is 6.08 Å². The van der Waals surface area contributed by atoms with E-state index in [0.29, 0.717) is 18.8 Å². The monoisotopic (exact) mass is 435 g/mol. The number of nitrogens with zero attached hydrogens (tertiary/aromatic N) is 1. The molecule has 23 heavy (non-hydrogen) atoms. The molecule has 7 heteroatoms. The summed E-state index contributed by atoms with van der Waals surface area (Å²) in [4.78, 5) is 4.13. The first-order valence-electron chi connectivity index (χ1n) is 7.04. The average molecular weight is 435 g/mol. The highest BCUT2D eigenvalue weighted by molar-refractivity contribution is 14.0.